The molecule has 0 atom stereocenters. The quantitative estimate of drug-likeness (QED) is 0.281. The second-order valence-corrected chi connectivity index (χ2v) is 6.40. The van der Waals surface area contributed by atoms with Crippen LogP contribution in [0.2, 0.25) is 0 Å². The van der Waals surface area contributed by atoms with E-state index >= 15 is 0 Å². The zero-order valence-electron chi connectivity index (χ0n) is 15.8. The maximum Gasteiger partial charge on any atom is 0.191 e. The lowest BCUT2D eigenvalue weighted by molar-refractivity contribution is 0.726. The molecule has 6 heteroatoms. The number of nitrogens with zero attached hydrogens (tertiary/aromatic N) is 3. The van der Waals surface area contributed by atoms with Gasteiger partial charge in [-0.25, -0.2) is 9.98 Å². The Kier molecular flexibility index (Phi) is 11.6. The van der Waals surface area contributed by atoms with Gasteiger partial charge in [-0.05, 0) is 37.8 Å². The van der Waals surface area contributed by atoms with E-state index in [-0.39, 0.29) is 24.0 Å². The molecule has 0 spiro atoms. The second-order valence-electron chi connectivity index (χ2n) is 6.40. The van der Waals surface area contributed by atoms with Gasteiger partial charge < -0.3 is 15.5 Å². The van der Waals surface area contributed by atoms with E-state index in [9.17, 15) is 0 Å². The summed E-state index contributed by atoms with van der Waals surface area (Å²) in [7, 11) is 0. The first kappa shape index (κ1) is 22.0. The molecule has 1 aliphatic rings. The number of anilines is 1. The van der Waals surface area contributed by atoms with Crippen molar-refractivity contribution in [3.63, 3.8) is 0 Å². The van der Waals surface area contributed by atoms with E-state index in [4.69, 9.17) is 0 Å². The molecule has 1 aliphatic heterocycles. The molecule has 1 aromatic heterocycles. The highest BCUT2D eigenvalue weighted by Gasteiger charge is 2.10. The summed E-state index contributed by atoms with van der Waals surface area (Å²) < 4.78 is 0. The summed E-state index contributed by atoms with van der Waals surface area (Å²) in [6.45, 7) is 9.07. The smallest absolute Gasteiger partial charge is 0.191 e. The van der Waals surface area contributed by atoms with Crippen molar-refractivity contribution >= 4 is 35.8 Å². The Morgan fingerprint density at radius 1 is 1.12 bits per heavy atom. The van der Waals surface area contributed by atoms with Gasteiger partial charge in [0.15, 0.2) is 5.96 Å². The predicted molar refractivity (Wildman–Crippen MR) is 118 cm³/mol. The minimum atomic E-state index is 0. The van der Waals surface area contributed by atoms with E-state index in [0.717, 1.165) is 49.9 Å². The predicted octanol–water partition coefficient (Wildman–Crippen LogP) is 3.94. The SMILES string of the molecule is CCCCNC(=NCc1ccc(N2CCCCCC2)nc1)NCC.I. The molecule has 0 radical (unpaired) electrons. The van der Waals surface area contributed by atoms with Crippen LogP contribution in [0.15, 0.2) is 23.3 Å². The Bertz CT molecular complexity index is 481. The number of unbranched alkanes of at least 4 members (excludes halogenated alkanes) is 1. The highest BCUT2D eigenvalue weighted by molar-refractivity contribution is 14.0. The highest BCUT2D eigenvalue weighted by Crippen LogP contribution is 2.17. The molecular formula is C19H34IN5. The van der Waals surface area contributed by atoms with E-state index in [0.29, 0.717) is 6.54 Å². The Labute approximate surface area is 170 Å². The van der Waals surface area contributed by atoms with Crippen LogP contribution < -0.4 is 15.5 Å². The average molecular weight is 459 g/mol. The minimum Gasteiger partial charge on any atom is -0.357 e. The van der Waals surface area contributed by atoms with Crippen LogP contribution in [0.25, 0.3) is 0 Å². The van der Waals surface area contributed by atoms with Gasteiger partial charge in [-0.1, -0.05) is 32.3 Å². The molecule has 0 aromatic carbocycles. The van der Waals surface area contributed by atoms with Crippen molar-refractivity contribution in [2.75, 3.05) is 31.1 Å². The Hall–Kier alpha value is -1.05. The molecule has 0 aliphatic carbocycles. The van der Waals surface area contributed by atoms with Crippen molar-refractivity contribution in [2.45, 2.75) is 58.9 Å². The molecule has 2 heterocycles. The van der Waals surface area contributed by atoms with Gasteiger partial charge in [0.1, 0.15) is 5.82 Å². The molecule has 2 N–H and O–H groups in total. The first-order valence-electron chi connectivity index (χ1n) is 9.55. The molecular weight excluding hydrogens is 425 g/mol. The van der Waals surface area contributed by atoms with E-state index in [1.54, 1.807) is 0 Å². The van der Waals surface area contributed by atoms with Crippen LogP contribution in [-0.4, -0.2) is 37.1 Å². The maximum absolute atomic E-state index is 4.66. The fourth-order valence-corrected chi connectivity index (χ4v) is 2.89. The van der Waals surface area contributed by atoms with E-state index < -0.39 is 0 Å². The number of aliphatic imine (C=N–C) groups is 1. The zero-order valence-corrected chi connectivity index (χ0v) is 18.1. The van der Waals surface area contributed by atoms with Gasteiger partial charge in [-0.15, -0.1) is 24.0 Å². The first-order valence-corrected chi connectivity index (χ1v) is 9.55. The molecule has 0 bridgehead atoms. The van der Waals surface area contributed by atoms with Gasteiger partial charge in [0.25, 0.3) is 0 Å². The summed E-state index contributed by atoms with van der Waals surface area (Å²) in [5.41, 5.74) is 1.15. The number of guanidine groups is 1. The van der Waals surface area contributed by atoms with Crippen molar-refractivity contribution in [2.24, 2.45) is 4.99 Å². The number of hydrogen-bond acceptors (Lipinski definition) is 3. The minimum absolute atomic E-state index is 0. The standard InChI is InChI=1S/C19H33N5.HI/c1-3-5-12-21-19(20-4-2)23-16-17-10-11-18(22-15-17)24-13-8-6-7-9-14-24;/h10-11,15H,3-9,12-14,16H2,1-2H3,(H2,20,21,23);1H. The van der Waals surface area contributed by atoms with Gasteiger partial charge in [0.2, 0.25) is 0 Å². The molecule has 2 rings (SSSR count). The molecule has 1 fully saturated rings. The van der Waals surface area contributed by atoms with Crippen LogP contribution in [0.3, 0.4) is 0 Å². The summed E-state index contributed by atoms with van der Waals surface area (Å²) in [6, 6.07) is 4.31. The summed E-state index contributed by atoms with van der Waals surface area (Å²) in [6.07, 6.45) is 9.58. The summed E-state index contributed by atoms with van der Waals surface area (Å²) in [5, 5.41) is 6.66. The van der Waals surface area contributed by atoms with Crippen molar-refractivity contribution < 1.29 is 0 Å². The zero-order chi connectivity index (χ0) is 17.0. The van der Waals surface area contributed by atoms with Crippen LogP contribution in [0, 0.1) is 0 Å². The third-order valence-corrected chi connectivity index (χ3v) is 4.33. The topological polar surface area (TPSA) is 52.6 Å². The number of halogens is 1. The summed E-state index contributed by atoms with van der Waals surface area (Å²) in [4.78, 5) is 11.7. The lowest BCUT2D eigenvalue weighted by Gasteiger charge is -2.21. The Morgan fingerprint density at radius 3 is 2.48 bits per heavy atom. The lowest BCUT2D eigenvalue weighted by Crippen LogP contribution is -2.37. The van der Waals surface area contributed by atoms with Crippen LogP contribution in [-0.2, 0) is 6.54 Å². The second kappa shape index (κ2) is 13.2. The van der Waals surface area contributed by atoms with Crippen LogP contribution >= 0.6 is 24.0 Å². The highest BCUT2D eigenvalue weighted by atomic mass is 127. The molecule has 1 aromatic rings. The van der Waals surface area contributed by atoms with Crippen LogP contribution in [0.4, 0.5) is 5.82 Å². The third-order valence-electron chi connectivity index (χ3n) is 4.33. The van der Waals surface area contributed by atoms with Crippen molar-refractivity contribution in [3.05, 3.63) is 23.9 Å². The number of rotatable bonds is 7. The molecule has 142 valence electrons. The van der Waals surface area contributed by atoms with E-state index in [1.807, 2.05) is 6.20 Å². The van der Waals surface area contributed by atoms with Crippen molar-refractivity contribution in [3.8, 4) is 0 Å². The molecule has 5 nitrogen and oxygen atoms in total. The van der Waals surface area contributed by atoms with Crippen LogP contribution in [0.1, 0.15) is 57.9 Å². The fourth-order valence-electron chi connectivity index (χ4n) is 2.89. The molecule has 1 saturated heterocycles. The third kappa shape index (κ3) is 8.25. The van der Waals surface area contributed by atoms with Gasteiger partial charge in [0, 0.05) is 32.4 Å². The number of aromatic nitrogens is 1. The van der Waals surface area contributed by atoms with E-state index in [1.165, 1.54) is 32.1 Å². The van der Waals surface area contributed by atoms with Gasteiger partial charge in [-0.3, -0.25) is 0 Å². The van der Waals surface area contributed by atoms with Crippen molar-refractivity contribution in [1.29, 1.82) is 0 Å². The molecule has 0 saturated carbocycles. The van der Waals surface area contributed by atoms with E-state index in [2.05, 4.69) is 51.5 Å². The lowest BCUT2D eigenvalue weighted by atomic mass is 10.2. The Morgan fingerprint density at radius 2 is 1.88 bits per heavy atom. The van der Waals surface area contributed by atoms with Gasteiger partial charge >= 0.3 is 0 Å². The largest absolute Gasteiger partial charge is 0.357 e. The number of hydrogen-bond donors (Lipinski definition) is 2. The van der Waals surface area contributed by atoms with Crippen LogP contribution in [0.5, 0.6) is 0 Å². The monoisotopic (exact) mass is 459 g/mol. The van der Waals surface area contributed by atoms with Gasteiger partial charge in [0.05, 0.1) is 6.54 Å². The molecule has 0 amide bonds. The normalized spacial score (nSPS) is 15.3. The number of nitrogens with one attached hydrogen (secondary N) is 2. The Balaban J connectivity index is 0.00000312. The van der Waals surface area contributed by atoms with Crippen molar-refractivity contribution in [1.82, 2.24) is 15.6 Å². The first-order chi connectivity index (χ1) is 11.8. The fraction of sp³-hybridized carbons (Fsp3) is 0.684. The molecule has 25 heavy (non-hydrogen) atoms. The summed E-state index contributed by atoms with van der Waals surface area (Å²) >= 11 is 0. The average Bonchev–Trinajstić information content (AvgIpc) is 2.90. The maximum atomic E-state index is 4.66. The van der Waals surface area contributed by atoms with Gasteiger partial charge in [-0.2, -0.15) is 0 Å². The number of pyridine rings is 1. The molecule has 0 unspecified atom stereocenters. The summed E-state index contributed by atoms with van der Waals surface area (Å²) in [5.74, 6) is 2.00.